The number of aromatic nitrogens is 3. The summed E-state index contributed by atoms with van der Waals surface area (Å²) in [6, 6.07) is 20.6. The zero-order chi connectivity index (χ0) is 29.2. The first-order chi connectivity index (χ1) is 19.7. The molecule has 0 aliphatic rings. The van der Waals surface area contributed by atoms with Crippen LogP contribution in [0.2, 0.25) is 0 Å². The second-order valence-electron chi connectivity index (χ2n) is 10.7. The van der Waals surface area contributed by atoms with Gasteiger partial charge in [-0.15, -0.1) is 0 Å². The molecule has 4 aromatic rings. The Morgan fingerprint density at radius 2 is 1.68 bits per heavy atom. The normalized spacial score (nSPS) is 11.2. The number of nitrogens with one attached hydrogen (secondary N) is 2. The van der Waals surface area contributed by atoms with Crippen molar-refractivity contribution in [2.45, 2.75) is 58.5 Å². The van der Waals surface area contributed by atoms with Crippen molar-refractivity contribution in [2.24, 2.45) is 0 Å². The van der Waals surface area contributed by atoms with Gasteiger partial charge in [0.1, 0.15) is 11.4 Å². The fourth-order valence-electron chi connectivity index (χ4n) is 4.25. The van der Waals surface area contributed by atoms with Gasteiger partial charge in [-0.1, -0.05) is 43.2 Å². The lowest BCUT2D eigenvalue weighted by atomic mass is 10.0. The van der Waals surface area contributed by atoms with E-state index in [0.29, 0.717) is 17.3 Å². The van der Waals surface area contributed by atoms with Gasteiger partial charge in [0.15, 0.2) is 0 Å². The van der Waals surface area contributed by atoms with Gasteiger partial charge in [0.25, 0.3) is 5.91 Å². The monoisotopic (exact) mass is 555 g/mol. The Labute approximate surface area is 240 Å². The molecule has 2 amide bonds. The minimum Gasteiger partial charge on any atom is -0.444 e. The maximum absolute atomic E-state index is 13.3. The van der Waals surface area contributed by atoms with E-state index in [0.717, 1.165) is 54.6 Å². The van der Waals surface area contributed by atoms with Crippen molar-refractivity contribution >= 4 is 23.8 Å². The largest absolute Gasteiger partial charge is 0.444 e. The quantitative estimate of drug-likeness (QED) is 0.179. The standard InChI is InChI=1S/C32H37N5O4/c1-32(2,3)41-31(40)35-28-18-17-25(21-33-28)23-12-11-13-24(20-23)29(39)36-30-34-26(14-7-4-5-10-19-38)22-37(30)27-15-8-6-9-16-27/h6,8-9,11-13,15-18,20-22,38H,4-5,7,10,14,19H2,1-3H3,(H,33,35,40)(H,34,36,39). The molecule has 2 aromatic heterocycles. The highest BCUT2D eigenvalue weighted by molar-refractivity contribution is 6.04. The molecule has 0 bridgehead atoms. The van der Waals surface area contributed by atoms with E-state index >= 15 is 0 Å². The van der Waals surface area contributed by atoms with E-state index in [9.17, 15) is 9.59 Å². The molecular weight excluding hydrogens is 518 g/mol. The van der Waals surface area contributed by atoms with E-state index < -0.39 is 11.7 Å². The molecule has 3 N–H and O–H groups in total. The van der Waals surface area contributed by atoms with Crippen molar-refractivity contribution in [1.82, 2.24) is 14.5 Å². The van der Waals surface area contributed by atoms with Crippen LogP contribution in [0, 0.1) is 0 Å². The molecule has 0 unspecified atom stereocenters. The third-order valence-corrected chi connectivity index (χ3v) is 6.21. The molecule has 0 atom stereocenters. The number of rotatable bonds is 11. The summed E-state index contributed by atoms with van der Waals surface area (Å²) in [6.45, 7) is 5.60. The summed E-state index contributed by atoms with van der Waals surface area (Å²) >= 11 is 0. The molecule has 41 heavy (non-hydrogen) atoms. The molecule has 2 heterocycles. The van der Waals surface area contributed by atoms with Gasteiger partial charge in [0.05, 0.1) is 5.69 Å². The molecule has 0 aliphatic heterocycles. The summed E-state index contributed by atoms with van der Waals surface area (Å²) in [5, 5.41) is 14.6. The number of aliphatic hydroxyl groups is 1. The summed E-state index contributed by atoms with van der Waals surface area (Å²) < 4.78 is 7.16. The topological polar surface area (TPSA) is 118 Å². The van der Waals surface area contributed by atoms with Crippen molar-refractivity contribution in [3.8, 4) is 16.8 Å². The minimum atomic E-state index is -0.606. The van der Waals surface area contributed by atoms with E-state index in [4.69, 9.17) is 14.8 Å². The molecule has 0 fully saturated rings. The molecule has 0 aliphatic carbocycles. The highest BCUT2D eigenvalue weighted by Gasteiger charge is 2.17. The number of unbranched alkanes of at least 4 members (excludes halogenated alkanes) is 3. The first-order valence-electron chi connectivity index (χ1n) is 13.8. The van der Waals surface area contributed by atoms with Gasteiger partial charge < -0.3 is 9.84 Å². The predicted molar refractivity (Wildman–Crippen MR) is 160 cm³/mol. The number of hydrogen-bond acceptors (Lipinski definition) is 6. The van der Waals surface area contributed by atoms with Crippen molar-refractivity contribution in [3.05, 3.63) is 90.4 Å². The molecule has 0 saturated carbocycles. The van der Waals surface area contributed by atoms with Crippen molar-refractivity contribution in [2.75, 3.05) is 17.2 Å². The van der Waals surface area contributed by atoms with Gasteiger partial charge in [0, 0.05) is 35.8 Å². The lowest BCUT2D eigenvalue weighted by Gasteiger charge is -2.19. The van der Waals surface area contributed by atoms with Crippen LogP contribution in [0.15, 0.2) is 79.1 Å². The first kappa shape index (κ1) is 29.5. The first-order valence-corrected chi connectivity index (χ1v) is 13.8. The Balaban J connectivity index is 1.47. The van der Waals surface area contributed by atoms with Crippen LogP contribution in [0.3, 0.4) is 0 Å². The van der Waals surface area contributed by atoms with E-state index in [1.54, 1.807) is 45.2 Å². The van der Waals surface area contributed by atoms with Gasteiger partial charge in [0.2, 0.25) is 5.95 Å². The zero-order valence-corrected chi connectivity index (χ0v) is 23.8. The number of ether oxygens (including phenoxy) is 1. The Kier molecular flexibility index (Phi) is 9.86. The number of aryl methyl sites for hydroxylation is 1. The maximum Gasteiger partial charge on any atom is 0.413 e. The Hall–Kier alpha value is -4.50. The Morgan fingerprint density at radius 1 is 0.902 bits per heavy atom. The van der Waals surface area contributed by atoms with Gasteiger partial charge >= 0.3 is 6.09 Å². The summed E-state index contributed by atoms with van der Waals surface area (Å²) in [4.78, 5) is 34.4. The number of hydrogen-bond donors (Lipinski definition) is 3. The van der Waals surface area contributed by atoms with Crippen LogP contribution in [-0.4, -0.2) is 43.8 Å². The number of pyridine rings is 1. The molecule has 214 valence electrons. The second-order valence-corrected chi connectivity index (χ2v) is 10.7. The van der Waals surface area contributed by atoms with Gasteiger partial charge in [-0.05, 0) is 82.0 Å². The van der Waals surface area contributed by atoms with Crippen LogP contribution in [0.4, 0.5) is 16.6 Å². The molecule has 4 rings (SSSR count). The second kappa shape index (κ2) is 13.7. The summed E-state index contributed by atoms with van der Waals surface area (Å²) in [5.41, 5.74) is 3.28. The van der Waals surface area contributed by atoms with Gasteiger partial charge in [-0.2, -0.15) is 0 Å². The number of aliphatic hydroxyl groups excluding tert-OH is 1. The number of imidazole rings is 1. The third-order valence-electron chi connectivity index (χ3n) is 6.21. The Morgan fingerprint density at radius 3 is 2.39 bits per heavy atom. The molecule has 0 spiro atoms. The van der Waals surface area contributed by atoms with Crippen LogP contribution in [-0.2, 0) is 11.2 Å². The van der Waals surface area contributed by atoms with Crippen molar-refractivity contribution in [3.63, 3.8) is 0 Å². The summed E-state index contributed by atoms with van der Waals surface area (Å²) in [6.07, 6.45) is 7.58. The number of benzene rings is 2. The molecule has 0 radical (unpaired) electrons. The number of nitrogens with zero attached hydrogens (tertiary/aromatic N) is 3. The lowest BCUT2D eigenvalue weighted by Crippen LogP contribution is -2.27. The molecule has 2 aromatic carbocycles. The van der Waals surface area contributed by atoms with Gasteiger partial charge in [-0.25, -0.2) is 14.8 Å². The SMILES string of the molecule is CC(C)(C)OC(=O)Nc1ccc(-c2cccc(C(=O)Nc3nc(CCCCCCO)cn3-c3ccccc3)c2)cn1. The van der Waals surface area contributed by atoms with Crippen LogP contribution in [0.25, 0.3) is 16.8 Å². The lowest BCUT2D eigenvalue weighted by molar-refractivity contribution is 0.0635. The number of carbonyl (C=O) groups excluding carboxylic acids is 2. The number of carbonyl (C=O) groups is 2. The van der Waals surface area contributed by atoms with E-state index in [2.05, 4.69) is 15.6 Å². The highest BCUT2D eigenvalue weighted by atomic mass is 16.6. The van der Waals surface area contributed by atoms with Crippen LogP contribution in [0.5, 0.6) is 0 Å². The Bertz CT molecular complexity index is 1440. The van der Waals surface area contributed by atoms with E-state index in [-0.39, 0.29) is 12.5 Å². The summed E-state index contributed by atoms with van der Waals surface area (Å²) in [5.74, 6) is 0.547. The van der Waals surface area contributed by atoms with E-state index in [1.807, 2.05) is 59.3 Å². The molecule has 9 nitrogen and oxygen atoms in total. The number of amides is 2. The van der Waals surface area contributed by atoms with Crippen LogP contribution in [0.1, 0.15) is 62.5 Å². The van der Waals surface area contributed by atoms with E-state index in [1.165, 1.54) is 0 Å². The molecule has 0 saturated heterocycles. The van der Waals surface area contributed by atoms with Crippen molar-refractivity contribution in [1.29, 1.82) is 0 Å². The highest BCUT2D eigenvalue weighted by Crippen LogP contribution is 2.23. The van der Waals surface area contributed by atoms with Crippen molar-refractivity contribution < 1.29 is 19.4 Å². The third kappa shape index (κ3) is 8.74. The smallest absolute Gasteiger partial charge is 0.413 e. The zero-order valence-electron chi connectivity index (χ0n) is 23.8. The van der Waals surface area contributed by atoms with Gasteiger partial charge in [-0.3, -0.25) is 20.0 Å². The number of anilines is 2. The van der Waals surface area contributed by atoms with Crippen LogP contribution < -0.4 is 10.6 Å². The minimum absolute atomic E-state index is 0.215. The molecular formula is C32H37N5O4. The predicted octanol–water partition coefficient (Wildman–Crippen LogP) is 6.63. The maximum atomic E-state index is 13.3. The van der Waals surface area contributed by atoms with Crippen LogP contribution >= 0.6 is 0 Å². The molecule has 9 heteroatoms. The fourth-order valence-corrected chi connectivity index (χ4v) is 4.25. The summed E-state index contributed by atoms with van der Waals surface area (Å²) in [7, 11) is 0. The number of para-hydroxylation sites is 1. The fraction of sp³-hybridized carbons (Fsp3) is 0.312. The average Bonchev–Trinajstić information content (AvgIpc) is 3.35. The average molecular weight is 556 g/mol.